The smallest absolute Gasteiger partial charge is 0.291 e. The standard InChI is InChI=1S/C13H18BrN3O2S/c1-8-11(17(18)19)7-15-13(12(8)14)16-9-3-5-10(20-2)6-4-9/h7,9-10H,3-6H2,1-2H3,(H,15,16). The van der Waals surface area contributed by atoms with Crippen LogP contribution in [0.25, 0.3) is 0 Å². The summed E-state index contributed by atoms with van der Waals surface area (Å²) in [6, 6.07) is 0.406. The van der Waals surface area contributed by atoms with E-state index in [0.717, 1.165) is 18.1 Å². The van der Waals surface area contributed by atoms with Gasteiger partial charge in [-0.25, -0.2) is 4.98 Å². The Balaban J connectivity index is 2.07. The Bertz CT molecular complexity index is 505. The van der Waals surface area contributed by atoms with E-state index < -0.39 is 4.92 Å². The van der Waals surface area contributed by atoms with Gasteiger partial charge in [0.05, 0.1) is 9.40 Å². The Hall–Kier alpha value is -0.820. The predicted molar refractivity (Wildman–Crippen MR) is 86.5 cm³/mol. The van der Waals surface area contributed by atoms with E-state index in [1.165, 1.54) is 19.0 Å². The number of rotatable bonds is 4. The summed E-state index contributed by atoms with van der Waals surface area (Å²) >= 11 is 5.36. The topological polar surface area (TPSA) is 68.1 Å². The van der Waals surface area contributed by atoms with Crippen molar-refractivity contribution in [2.45, 2.75) is 43.9 Å². The van der Waals surface area contributed by atoms with Crippen LogP contribution in [0.5, 0.6) is 0 Å². The summed E-state index contributed by atoms with van der Waals surface area (Å²) in [6.07, 6.45) is 8.16. The van der Waals surface area contributed by atoms with Gasteiger partial charge in [-0.2, -0.15) is 11.8 Å². The lowest BCUT2D eigenvalue weighted by molar-refractivity contribution is -0.385. The number of nitrogens with zero attached hydrogens (tertiary/aromatic N) is 2. The first-order valence-corrected chi connectivity index (χ1v) is 8.69. The van der Waals surface area contributed by atoms with Crippen LogP contribution in [-0.4, -0.2) is 27.5 Å². The summed E-state index contributed by atoms with van der Waals surface area (Å²) in [6.45, 7) is 1.74. The van der Waals surface area contributed by atoms with E-state index >= 15 is 0 Å². The lowest BCUT2D eigenvalue weighted by atomic mass is 9.95. The monoisotopic (exact) mass is 359 g/mol. The number of pyridine rings is 1. The molecular formula is C13H18BrN3O2S. The average molecular weight is 360 g/mol. The number of thioether (sulfide) groups is 1. The van der Waals surface area contributed by atoms with Gasteiger partial charge in [-0.15, -0.1) is 0 Å². The third-order valence-electron chi connectivity index (χ3n) is 3.78. The second-order valence-electron chi connectivity index (χ2n) is 5.04. The number of hydrogen-bond donors (Lipinski definition) is 1. The van der Waals surface area contributed by atoms with E-state index in [0.29, 0.717) is 21.9 Å². The van der Waals surface area contributed by atoms with Gasteiger partial charge in [-0.1, -0.05) is 0 Å². The summed E-state index contributed by atoms with van der Waals surface area (Å²) in [4.78, 5) is 14.7. The molecular weight excluding hydrogens is 342 g/mol. The van der Waals surface area contributed by atoms with E-state index in [4.69, 9.17) is 0 Å². The van der Waals surface area contributed by atoms with Gasteiger partial charge in [-0.05, 0) is 54.8 Å². The molecule has 5 nitrogen and oxygen atoms in total. The quantitative estimate of drug-likeness (QED) is 0.645. The van der Waals surface area contributed by atoms with Crippen molar-refractivity contribution in [3.63, 3.8) is 0 Å². The minimum Gasteiger partial charge on any atom is -0.366 e. The van der Waals surface area contributed by atoms with Crippen LogP contribution in [0.4, 0.5) is 11.5 Å². The van der Waals surface area contributed by atoms with Crippen LogP contribution in [0.1, 0.15) is 31.2 Å². The number of nitro groups is 1. The summed E-state index contributed by atoms with van der Waals surface area (Å²) < 4.78 is 0.693. The van der Waals surface area contributed by atoms with Crippen molar-refractivity contribution in [1.29, 1.82) is 0 Å². The molecule has 0 radical (unpaired) electrons. The van der Waals surface area contributed by atoms with Gasteiger partial charge in [0.2, 0.25) is 0 Å². The highest BCUT2D eigenvalue weighted by Gasteiger charge is 2.23. The molecule has 1 N–H and O–H groups in total. The van der Waals surface area contributed by atoms with Crippen LogP contribution < -0.4 is 5.32 Å². The van der Waals surface area contributed by atoms with Crippen LogP contribution in [0.2, 0.25) is 0 Å². The second kappa shape index (κ2) is 6.76. The van der Waals surface area contributed by atoms with Gasteiger partial charge in [-0.3, -0.25) is 10.1 Å². The molecule has 1 fully saturated rings. The van der Waals surface area contributed by atoms with Gasteiger partial charge in [0, 0.05) is 16.9 Å². The second-order valence-corrected chi connectivity index (χ2v) is 6.97. The van der Waals surface area contributed by atoms with E-state index in [1.54, 1.807) is 6.92 Å². The Morgan fingerprint density at radius 3 is 2.65 bits per heavy atom. The molecule has 1 aliphatic rings. The molecule has 1 aromatic heterocycles. The molecule has 0 atom stereocenters. The summed E-state index contributed by atoms with van der Waals surface area (Å²) in [5, 5.41) is 15.0. The van der Waals surface area contributed by atoms with Crippen LogP contribution in [0.15, 0.2) is 10.7 Å². The molecule has 1 aromatic rings. The minimum absolute atomic E-state index is 0.0496. The maximum absolute atomic E-state index is 10.9. The molecule has 0 unspecified atom stereocenters. The van der Waals surface area contributed by atoms with Crippen molar-refractivity contribution in [3.8, 4) is 0 Å². The molecule has 0 saturated heterocycles. The van der Waals surface area contributed by atoms with E-state index in [2.05, 4.69) is 32.5 Å². The Labute approximate surface area is 131 Å². The molecule has 1 heterocycles. The fraction of sp³-hybridized carbons (Fsp3) is 0.615. The van der Waals surface area contributed by atoms with Crippen molar-refractivity contribution in [2.24, 2.45) is 0 Å². The van der Waals surface area contributed by atoms with Crippen molar-refractivity contribution in [1.82, 2.24) is 4.98 Å². The zero-order chi connectivity index (χ0) is 14.7. The molecule has 110 valence electrons. The first kappa shape index (κ1) is 15.6. The highest BCUT2D eigenvalue weighted by molar-refractivity contribution is 9.10. The van der Waals surface area contributed by atoms with Crippen LogP contribution in [-0.2, 0) is 0 Å². The zero-order valence-corrected chi connectivity index (χ0v) is 14.0. The third kappa shape index (κ3) is 3.44. The highest BCUT2D eigenvalue weighted by atomic mass is 79.9. The molecule has 1 aliphatic carbocycles. The number of anilines is 1. The number of hydrogen-bond acceptors (Lipinski definition) is 5. The lowest BCUT2D eigenvalue weighted by Crippen LogP contribution is -2.27. The summed E-state index contributed by atoms with van der Waals surface area (Å²) in [7, 11) is 0. The Morgan fingerprint density at radius 2 is 2.10 bits per heavy atom. The average Bonchev–Trinajstić information content (AvgIpc) is 2.44. The fourth-order valence-electron chi connectivity index (χ4n) is 2.49. The van der Waals surface area contributed by atoms with Crippen molar-refractivity contribution < 1.29 is 4.92 Å². The maximum Gasteiger partial charge on any atom is 0.291 e. The zero-order valence-electron chi connectivity index (χ0n) is 11.6. The first-order chi connectivity index (χ1) is 9.52. The summed E-state index contributed by atoms with van der Waals surface area (Å²) in [5.74, 6) is 0.709. The van der Waals surface area contributed by atoms with Gasteiger partial charge < -0.3 is 5.32 Å². The van der Waals surface area contributed by atoms with Gasteiger partial charge in [0.25, 0.3) is 5.69 Å². The lowest BCUT2D eigenvalue weighted by Gasteiger charge is -2.28. The molecule has 0 bridgehead atoms. The van der Waals surface area contributed by atoms with Crippen molar-refractivity contribution >= 4 is 39.2 Å². The summed E-state index contributed by atoms with van der Waals surface area (Å²) in [5.41, 5.74) is 0.666. The van der Waals surface area contributed by atoms with Gasteiger partial charge in [0.1, 0.15) is 12.0 Å². The minimum atomic E-state index is -0.402. The van der Waals surface area contributed by atoms with Crippen molar-refractivity contribution in [3.05, 3.63) is 26.3 Å². The molecule has 1 saturated carbocycles. The van der Waals surface area contributed by atoms with Crippen LogP contribution in [0, 0.1) is 17.0 Å². The number of nitrogens with one attached hydrogen (secondary N) is 1. The van der Waals surface area contributed by atoms with Crippen molar-refractivity contribution in [2.75, 3.05) is 11.6 Å². The molecule has 0 aromatic carbocycles. The van der Waals surface area contributed by atoms with Gasteiger partial charge >= 0.3 is 0 Å². The highest BCUT2D eigenvalue weighted by Crippen LogP contribution is 2.33. The molecule has 0 amide bonds. The van der Waals surface area contributed by atoms with E-state index in [9.17, 15) is 10.1 Å². The molecule has 0 spiro atoms. The number of halogens is 1. The van der Waals surface area contributed by atoms with Gasteiger partial charge in [0.15, 0.2) is 0 Å². The third-order valence-corrected chi connectivity index (χ3v) is 5.89. The molecule has 2 rings (SSSR count). The van der Waals surface area contributed by atoms with E-state index in [-0.39, 0.29) is 5.69 Å². The maximum atomic E-state index is 10.9. The Morgan fingerprint density at radius 1 is 1.45 bits per heavy atom. The van der Waals surface area contributed by atoms with Crippen LogP contribution in [0.3, 0.4) is 0 Å². The first-order valence-electron chi connectivity index (χ1n) is 6.61. The normalized spacial score (nSPS) is 22.6. The van der Waals surface area contributed by atoms with Crippen LogP contribution >= 0.6 is 27.7 Å². The SMILES string of the molecule is CSC1CCC(Nc2ncc([N+](=O)[O-])c(C)c2Br)CC1. The fourth-order valence-corrected chi connectivity index (χ4v) is 3.65. The largest absolute Gasteiger partial charge is 0.366 e. The molecule has 7 heteroatoms. The number of aromatic nitrogens is 1. The molecule has 20 heavy (non-hydrogen) atoms. The van der Waals surface area contributed by atoms with E-state index in [1.807, 2.05) is 11.8 Å². The predicted octanol–water partition coefficient (Wildman–Crippen LogP) is 4.15. The molecule has 0 aliphatic heterocycles. The Kier molecular flexibility index (Phi) is 5.26.